The number of hydrogen-bond donors (Lipinski definition) is 1. The highest BCUT2D eigenvalue weighted by Gasteiger charge is 2.29. The maximum absolute atomic E-state index is 3.67. The van der Waals surface area contributed by atoms with E-state index in [1.807, 2.05) is 0 Å². The van der Waals surface area contributed by atoms with Crippen LogP contribution in [0.4, 0.5) is 0 Å². The van der Waals surface area contributed by atoms with Crippen LogP contribution in [-0.4, -0.2) is 61.7 Å². The summed E-state index contributed by atoms with van der Waals surface area (Å²) in [5, 5.41) is 3.67. The monoisotopic (exact) mass is 225 g/mol. The molecule has 1 aliphatic heterocycles. The third kappa shape index (κ3) is 3.19. The van der Waals surface area contributed by atoms with E-state index in [9.17, 15) is 0 Å². The second-order valence-electron chi connectivity index (χ2n) is 5.65. The second kappa shape index (κ2) is 5.48. The van der Waals surface area contributed by atoms with Gasteiger partial charge in [0, 0.05) is 37.8 Å². The van der Waals surface area contributed by atoms with E-state index in [0.29, 0.717) is 0 Å². The first-order valence-electron chi connectivity index (χ1n) is 6.84. The van der Waals surface area contributed by atoms with Gasteiger partial charge in [0.05, 0.1) is 0 Å². The third-order valence-corrected chi connectivity index (χ3v) is 4.13. The highest BCUT2D eigenvalue weighted by atomic mass is 15.3. The predicted octanol–water partition coefficient (Wildman–Crippen LogP) is 1.15. The highest BCUT2D eigenvalue weighted by molar-refractivity contribution is 4.88. The molecule has 1 heterocycles. The Morgan fingerprint density at radius 3 is 2.56 bits per heavy atom. The lowest BCUT2D eigenvalue weighted by molar-refractivity contribution is 0.205. The molecule has 3 heteroatoms. The smallest absolute Gasteiger partial charge is 0.0229 e. The molecule has 0 aromatic heterocycles. The van der Waals surface area contributed by atoms with Crippen molar-refractivity contribution in [3.05, 3.63) is 0 Å². The van der Waals surface area contributed by atoms with E-state index in [-0.39, 0.29) is 0 Å². The van der Waals surface area contributed by atoms with Gasteiger partial charge in [-0.15, -0.1) is 0 Å². The molecule has 0 aromatic rings. The van der Waals surface area contributed by atoms with E-state index in [0.717, 1.165) is 18.1 Å². The van der Waals surface area contributed by atoms with Crippen LogP contribution >= 0.6 is 0 Å². The van der Waals surface area contributed by atoms with Gasteiger partial charge in [0.2, 0.25) is 0 Å². The molecule has 1 aliphatic carbocycles. The van der Waals surface area contributed by atoms with Gasteiger partial charge in [0.1, 0.15) is 0 Å². The summed E-state index contributed by atoms with van der Waals surface area (Å²) in [7, 11) is 4.41. The fraction of sp³-hybridized carbons (Fsp3) is 1.00. The van der Waals surface area contributed by atoms with Gasteiger partial charge in [-0.2, -0.15) is 0 Å². The first-order chi connectivity index (χ1) is 7.70. The van der Waals surface area contributed by atoms with Crippen molar-refractivity contribution in [3.63, 3.8) is 0 Å². The number of nitrogens with zero attached hydrogens (tertiary/aromatic N) is 2. The van der Waals surface area contributed by atoms with Gasteiger partial charge in [0.15, 0.2) is 0 Å². The molecule has 2 aliphatic rings. The van der Waals surface area contributed by atoms with Gasteiger partial charge in [-0.25, -0.2) is 0 Å². The zero-order valence-electron chi connectivity index (χ0n) is 11.1. The summed E-state index contributed by atoms with van der Waals surface area (Å²) >= 11 is 0. The molecule has 16 heavy (non-hydrogen) atoms. The Hall–Kier alpha value is -0.120. The summed E-state index contributed by atoms with van der Waals surface area (Å²) < 4.78 is 0. The first-order valence-corrected chi connectivity index (χ1v) is 6.84. The predicted molar refractivity (Wildman–Crippen MR) is 68.8 cm³/mol. The van der Waals surface area contributed by atoms with Gasteiger partial charge in [-0.3, -0.25) is 4.90 Å². The van der Waals surface area contributed by atoms with Crippen molar-refractivity contribution in [3.8, 4) is 0 Å². The SMILES string of the molecule is CCC(CNC1CC1)N1CCC(N(C)C)C1. The minimum absolute atomic E-state index is 0.755. The molecule has 0 bridgehead atoms. The highest BCUT2D eigenvalue weighted by Crippen LogP contribution is 2.21. The Kier molecular flexibility index (Phi) is 4.22. The topological polar surface area (TPSA) is 18.5 Å². The van der Waals surface area contributed by atoms with Crippen LogP contribution in [-0.2, 0) is 0 Å². The molecule has 1 saturated heterocycles. The summed E-state index contributed by atoms with van der Waals surface area (Å²) in [6, 6.07) is 2.38. The fourth-order valence-corrected chi connectivity index (χ4v) is 2.64. The van der Waals surface area contributed by atoms with Crippen molar-refractivity contribution < 1.29 is 0 Å². The molecular weight excluding hydrogens is 198 g/mol. The molecule has 0 radical (unpaired) electrons. The average molecular weight is 225 g/mol. The summed E-state index contributed by atoms with van der Waals surface area (Å²) in [4.78, 5) is 5.06. The second-order valence-corrected chi connectivity index (χ2v) is 5.65. The Morgan fingerprint density at radius 1 is 1.31 bits per heavy atom. The Morgan fingerprint density at radius 2 is 2.06 bits per heavy atom. The van der Waals surface area contributed by atoms with Gasteiger partial charge >= 0.3 is 0 Å². The lowest BCUT2D eigenvalue weighted by Crippen LogP contribution is -2.42. The van der Waals surface area contributed by atoms with Gasteiger partial charge in [-0.1, -0.05) is 6.92 Å². The molecule has 0 aromatic carbocycles. The van der Waals surface area contributed by atoms with E-state index < -0.39 is 0 Å². The van der Waals surface area contributed by atoms with Crippen molar-refractivity contribution in [2.75, 3.05) is 33.7 Å². The van der Waals surface area contributed by atoms with E-state index in [2.05, 4.69) is 36.1 Å². The molecule has 3 nitrogen and oxygen atoms in total. The van der Waals surface area contributed by atoms with Crippen molar-refractivity contribution in [2.24, 2.45) is 0 Å². The number of nitrogens with one attached hydrogen (secondary N) is 1. The minimum Gasteiger partial charge on any atom is -0.312 e. The third-order valence-electron chi connectivity index (χ3n) is 4.13. The average Bonchev–Trinajstić information content (AvgIpc) is 2.94. The molecule has 1 saturated carbocycles. The van der Waals surface area contributed by atoms with Crippen LogP contribution in [0, 0.1) is 0 Å². The molecule has 0 amide bonds. The van der Waals surface area contributed by atoms with Crippen LogP contribution in [0.5, 0.6) is 0 Å². The zero-order valence-corrected chi connectivity index (χ0v) is 11.1. The van der Waals surface area contributed by atoms with Crippen molar-refractivity contribution >= 4 is 0 Å². The lowest BCUT2D eigenvalue weighted by atomic mass is 10.2. The Bertz CT molecular complexity index is 213. The molecule has 0 spiro atoms. The summed E-state index contributed by atoms with van der Waals surface area (Å²) in [6.45, 7) is 6.06. The van der Waals surface area contributed by atoms with E-state index in [1.165, 1.54) is 45.3 Å². The van der Waals surface area contributed by atoms with Crippen LogP contribution < -0.4 is 5.32 Å². The molecule has 2 fully saturated rings. The van der Waals surface area contributed by atoms with Gasteiger partial charge < -0.3 is 10.2 Å². The van der Waals surface area contributed by atoms with Crippen molar-refractivity contribution in [1.29, 1.82) is 0 Å². The number of likely N-dealkylation sites (N-methyl/N-ethyl adjacent to an activating group) is 1. The Labute approximate surface area is 100 Å². The Balaban J connectivity index is 1.75. The standard InChI is InChI=1S/C13H27N3/c1-4-12(9-14-11-5-6-11)16-8-7-13(10-16)15(2)3/h11-14H,4-10H2,1-3H3. The fourth-order valence-electron chi connectivity index (χ4n) is 2.64. The van der Waals surface area contributed by atoms with Crippen LogP contribution in [0.25, 0.3) is 0 Å². The summed E-state index contributed by atoms with van der Waals surface area (Å²) in [5.41, 5.74) is 0. The van der Waals surface area contributed by atoms with Gasteiger partial charge in [0.25, 0.3) is 0 Å². The zero-order chi connectivity index (χ0) is 11.5. The van der Waals surface area contributed by atoms with Crippen molar-refractivity contribution in [1.82, 2.24) is 15.1 Å². The molecule has 94 valence electrons. The lowest BCUT2D eigenvalue weighted by Gasteiger charge is -2.28. The number of rotatable bonds is 6. The quantitative estimate of drug-likeness (QED) is 0.732. The molecule has 1 N–H and O–H groups in total. The minimum atomic E-state index is 0.755. The molecule has 2 atom stereocenters. The normalized spacial score (nSPS) is 28.9. The summed E-state index contributed by atoms with van der Waals surface area (Å²) in [5.74, 6) is 0. The molecule has 2 rings (SSSR count). The van der Waals surface area contributed by atoms with Crippen LogP contribution in [0.15, 0.2) is 0 Å². The van der Waals surface area contributed by atoms with E-state index >= 15 is 0 Å². The van der Waals surface area contributed by atoms with Crippen LogP contribution in [0.2, 0.25) is 0 Å². The molecule has 2 unspecified atom stereocenters. The summed E-state index contributed by atoms with van der Waals surface area (Å²) in [6.07, 6.45) is 5.42. The maximum atomic E-state index is 3.67. The number of likely N-dealkylation sites (tertiary alicyclic amines) is 1. The van der Waals surface area contributed by atoms with E-state index in [4.69, 9.17) is 0 Å². The van der Waals surface area contributed by atoms with E-state index in [1.54, 1.807) is 0 Å². The molecular formula is C13H27N3. The van der Waals surface area contributed by atoms with Gasteiger partial charge in [-0.05, 0) is 39.8 Å². The number of hydrogen-bond acceptors (Lipinski definition) is 3. The van der Waals surface area contributed by atoms with Crippen molar-refractivity contribution in [2.45, 2.75) is 50.7 Å². The largest absolute Gasteiger partial charge is 0.312 e. The first kappa shape index (κ1) is 12.3. The maximum Gasteiger partial charge on any atom is 0.0229 e. The van der Waals surface area contributed by atoms with Crippen LogP contribution in [0.1, 0.15) is 32.6 Å². The van der Waals surface area contributed by atoms with Crippen LogP contribution in [0.3, 0.4) is 0 Å².